The summed E-state index contributed by atoms with van der Waals surface area (Å²) in [5.41, 5.74) is 11.3. The first kappa shape index (κ1) is 6.07. The highest BCUT2D eigenvalue weighted by molar-refractivity contribution is 7.07. The molecule has 0 saturated heterocycles. The molecule has 0 aliphatic carbocycles. The molecule has 0 aliphatic heterocycles. The van der Waals surface area contributed by atoms with Gasteiger partial charge in [-0.2, -0.15) is 0 Å². The van der Waals surface area contributed by atoms with Gasteiger partial charge in [0.1, 0.15) is 0 Å². The van der Waals surface area contributed by atoms with Gasteiger partial charge in [0.15, 0.2) is 5.51 Å². The number of thiazole rings is 1. The fourth-order valence-corrected chi connectivity index (χ4v) is 0.868. The predicted molar refractivity (Wildman–Crippen MR) is 33.8 cm³/mol. The van der Waals surface area contributed by atoms with E-state index in [0.717, 1.165) is 5.69 Å². The first-order valence-electron chi connectivity index (χ1n) is 2.25. The molecule has 0 saturated carbocycles. The summed E-state index contributed by atoms with van der Waals surface area (Å²) >= 11 is 1.37. The minimum Gasteiger partial charge on any atom is -0.238 e. The van der Waals surface area contributed by atoms with Gasteiger partial charge in [0.2, 0.25) is 0 Å². The van der Waals surface area contributed by atoms with Crippen molar-refractivity contribution >= 4 is 11.3 Å². The summed E-state index contributed by atoms with van der Waals surface area (Å²) in [5, 5.41) is 5.12. The average molecular weight is 139 g/mol. The summed E-state index contributed by atoms with van der Waals surface area (Å²) in [6, 6.07) is 0. The largest absolute Gasteiger partial charge is 0.238 e. The van der Waals surface area contributed by atoms with Crippen molar-refractivity contribution in [3.8, 4) is 0 Å². The van der Waals surface area contributed by atoms with Crippen molar-refractivity contribution in [2.45, 2.75) is 6.54 Å². The quantitative estimate of drug-likeness (QED) is 0.349. The molecule has 0 spiro atoms. The Morgan fingerprint density at radius 2 is 2.89 bits per heavy atom. The minimum atomic E-state index is 0.330. The Hall–Kier alpha value is -1.06. The first-order chi connectivity index (χ1) is 4.43. The Labute approximate surface area is 55.8 Å². The van der Waals surface area contributed by atoms with E-state index >= 15 is 0 Å². The lowest BCUT2D eigenvalue weighted by Gasteiger charge is -1.78. The van der Waals surface area contributed by atoms with Crippen LogP contribution in [-0.4, -0.2) is 4.98 Å². The van der Waals surface area contributed by atoms with Gasteiger partial charge < -0.3 is 0 Å². The molecular formula is C4H3N4S. The molecule has 0 fully saturated rings. The Morgan fingerprint density at radius 3 is 3.44 bits per heavy atom. The second kappa shape index (κ2) is 3.06. The zero-order valence-corrected chi connectivity index (χ0v) is 5.30. The second-order valence-corrected chi connectivity index (χ2v) is 1.97. The van der Waals surface area contributed by atoms with Crippen LogP contribution in [0.5, 0.6) is 0 Å². The standard InChI is InChI=1S/C4H3N4S/c5-8-7-1-4-2-9-3-6-4/h2H,1H2. The highest BCUT2D eigenvalue weighted by Crippen LogP contribution is 2.00. The molecule has 4 nitrogen and oxygen atoms in total. The molecular weight excluding hydrogens is 136 g/mol. The maximum absolute atomic E-state index is 7.89. The predicted octanol–water partition coefficient (Wildman–Crippen LogP) is 1.75. The van der Waals surface area contributed by atoms with Crippen LogP contribution in [0.1, 0.15) is 5.69 Å². The van der Waals surface area contributed by atoms with Crippen LogP contribution in [0.2, 0.25) is 0 Å². The average Bonchev–Trinajstić information content (AvgIpc) is 2.34. The minimum absolute atomic E-state index is 0.330. The maximum Gasteiger partial charge on any atom is 0.152 e. The van der Waals surface area contributed by atoms with E-state index in [9.17, 15) is 0 Å². The Balaban J connectivity index is 2.57. The number of nitrogens with zero attached hydrogens (tertiary/aromatic N) is 4. The van der Waals surface area contributed by atoms with E-state index in [1.165, 1.54) is 11.3 Å². The third-order valence-electron chi connectivity index (χ3n) is 0.733. The van der Waals surface area contributed by atoms with Crippen molar-refractivity contribution in [3.63, 3.8) is 0 Å². The van der Waals surface area contributed by atoms with Gasteiger partial charge in [-0.1, -0.05) is 5.11 Å². The molecule has 5 heteroatoms. The van der Waals surface area contributed by atoms with Gasteiger partial charge in [0.25, 0.3) is 0 Å². The Kier molecular flexibility index (Phi) is 2.06. The molecule has 1 rings (SSSR count). The monoisotopic (exact) mass is 139 g/mol. The van der Waals surface area contributed by atoms with Crippen LogP contribution in [-0.2, 0) is 6.54 Å². The SMILES string of the molecule is [N-]=[N+]=NCc1cs[c]n1. The van der Waals surface area contributed by atoms with Gasteiger partial charge in [-0.25, -0.2) is 4.98 Å². The van der Waals surface area contributed by atoms with Gasteiger partial charge >= 0.3 is 0 Å². The molecule has 9 heavy (non-hydrogen) atoms. The second-order valence-electron chi connectivity index (χ2n) is 1.32. The normalized spacial score (nSPS) is 8.44. The van der Waals surface area contributed by atoms with Crippen LogP contribution in [0.15, 0.2) is 10.5 Å². The molecule has 1 aromatic rings. The van der Waals surface area contributed by atoms with Crippen molar-refractivity contribution in [2.75, 3.05) is 0 Å². The fraction of sp³-hybridized carbons (Fsp3) is 0.250. The summed E-state index contributed by atoms with van der Waals surface area (Å²) in [5.74, 6) is 0. The van der Waals surface area contributed by atoms with E-state index in [1.54, 1.807) is 5.38 Å². The molecule has 0 N–H and O–H groups in total. The molecule has 0 aliphatic rings. The van der Waals surface area contributed by atoms with Crippen molar-refractivity contribution < 1.29 is 0 Å². The van der Waals surface area contributed by atoms with E-state index in [0.29, 0.717) is 6.54 Å². The summed E-state index contributed by atoms with van der Waals surface area (Å²) in [6.45, 7) is 0.330. The van der Waals surface area contributed by atoms with Crippen molar-refractivity contribution in [2.24, 2.45) is 5.11 Å². The Bertz CT molecular complexity index is 210. The van der Waals surface area contributed by atoms with Gasteiger partial charge in [0, 0.05) is 10.3 Å². The lowest BCUT2D eigenvalue weighted by Crippen LogP contribution is -1.75. The molecule has 45 valence electrons. The van der Waals surface area contributed by atoms with Crippen LogP contribution < -0.4 is 0 Å². The van der Waals surface area contributed by atoms with Gasteiger partial charge in [0.05, 0.1) is 12.2 Å². The Morgan fingerprint density at radius 1 is 2.00 bits per heavy atom. The van der Waals surface area contributed by atoms with E-state index in [-0.39, 0.29) is 0 Å². The van der Waals surface area contributed by atoms with Crippen LogP contribution in [0.4, 0.5) is 0 Å². The van der Waals surface area contributed by atoms with Crippen LogP contribution in [0.25, 0.3) is 10.4 Å². The number of hydrogen-bond acceptors (Lipinski definition) is 3. The summed E-state index contributed by atoms with van der Waals surface area (Å²) < 4.78 is 0. The van der Waals surface area contributed by atoms with Gasteiger partial charge in [-0.15, -0.1) is 11.3 Å². The third-order valence-corrected chi connectivity index (χ3v) is 1.32. The first-order valence-corrected chi connectivity index (χ1v) is 3.13. The number of hydrogen-bond donors (Lipinski definition) is 0. The summed E-state index contributed by atoms with van der Waals surface area (Å²) in [4.78, 5) is 6.37. The van der Waals surface area contributed by atoms with E-state index in [2.05, 4.69) is 20.5 Å². The van der Waals surface area contributed by atoms with Crippen molar-refractivity contribution in [1.82, 2.24) is 4.98 Å². The van der Waals surface area contributed by atoms with Crippen molar-refractivity contribution in [3.05, 3.63) is 27.0 Å². The number of aromatic nitrogens is 1. The summed E-state index contributed by atoms with van der Waals surface area (Å²) in [7, 11) is 0. The van der Waals surface area contributed by atoms with Gasteiger partial charge in [-0.05, 0) is 5.53 Å². The third kappa shape index (κ3) is 1.71. The summed E-state index contributed by atoms with van der Waals surface area (Å²) in [6.07, 6.45) is 0. The molecule has 1 aromatic heterocycles. The highest BCUT2D eigenvalue weighted by atomic mass is 32.1. The fourth-order valence-electron chi connectivity index (χ4n) is 0.382. The zero-order chi connectivity index (χ0) is 6.53. The van der Waals surface area contributed by atoms with E-state index in [1.807, 2.05) is 0 Å². The molecule has 0 atom stereocenters. The lowest BCUT2D eigenvalue weighted by atomic mass is 10.5. The van der Waals surface area contributed by atoms with Gasteiger partial charge in [-0.3, -0.25) is 0 Å². The van der Waals surface area contributed by atoms with Crippen LogP contribution >= 0.6 is 11.3 Å². The van der Waals surface area contributed by atoms with Crippen LogP contribution in [0, 0.1) is 5.51 Å². The number of rotatable bonds is 2. The molecule has 0 amide bonds. The maximum atomic E-state index is 7.89. The molecule has 1 heterocycles. The topological polar surface area (TPSA) is 61.7 Å². The molecule has 0 bridgehead atoms. The smallest absolute Gasteiger partial charge is 0.152 e. The lowest BCUT2D eigenvalue weighted by molar-refractivity contribution is 0.993. The van der Waals surface area contributed by atoms with Crippen molar-refractivity contribution in [1.29, 1.82) is 0 Å². The zero-order valence-electron chi connectivity index (χ0n) is 4.48. The molecule has 0 unspecified atom stereocenters. The highest BCUT2D eigenvalue weighted by Gasteiger charge is 1.88. The van der Waals surface area contributed by atoms with Crippen LogP contribution in [0.3, 0.4) is 0 Å². The van der Waals surface area contributed by atoms with E-state index < -0.39 is 0 Å². The number of azide groups is 1. The van der Waals surface area contributed by atoms with E-state index in [4.69, 9.17) is 5.53 Å². The molecule has 0 aromatic carbocycles. The molecule has 1 radical (unpaired) electrons.